The summed E-state index contributed by atoms with van der Waals surface area (Å²) >= 11 is 6.28. The summed E-state index contributed by atoms with van der Waals surface area (Å²) in [6.45, 7) is 9.76. The van der Waals surface area contributed by atoms with E-state index in [1.165, 1.54) is 53.7 Å². The number of nitrogens with one attached hydrogen (secondary N) is 1. The highest BCUT2D eigenvalue weighted by Crippen LogP contribution is 2.38. The molecule has 0 spiro atoms. The van der Waals surface area contributed by atoms with Crippen molar-refractivity contribution < 1.29 is 4.74 Å². The predicted molar refractivity (Wildman–Crippen MR) is 135 cm³/mol. The van der Waals surface area contributed by atoms with Gasteiger partial charge in [0.05, 0.1) is 12.6 Å². The van der Waals surface area contributed by atoms with Crippen LogP contribution in [0.3, 0.4) is 0 Å². The molecule has 5 heteroatoms. The Morgan fingerprint density at radius 3 is 2.53 bits per heavy atom. The first-order valence-corrected chi connectivity index (χ1v) is 12.4. The molecule has 1 aliphatic rings. The Hall–Kier alpha value is -2.01. The lowest BCUT2D eigenvalue weighted by atomic mass is 9.93. The fourth-order valence-electron chi connectivity index (χ4n) is 4.99. The van der Waals surface area contributed by atoms with Gasteiger partial charge in [-0.15, -0.1) is 0 Å². The van der Waals surface area contributed by atoms with E-state index in [1.807, 2.05) is 6.07 Å². The predicted octanol–water partition coefficient (Wildman–Crippen LogP) is 6.29. The van der Waals surface area contributed by atoms with E-state index in [-0.39, 0.29) is 6.04 Å². The number of halogens is 1. The monoisotopic (exact) mass is 453 g/mol. The summed E-state index contributed by atoms with van der Waals surface area (Å²) in [5, 5.41) is 2.05. The van der Waals surface area contributed by atoms with E-state index in [0.29, 0.717) is 0 Å². The first-order chi connectivity index (χ1) is 15.6. The molecule has 1 unspecified atom stereocenters. The van der Waals surface area contributed by atoms with Crippen LogP contribution in [0.15, 0.2) is 42.5 Å². The van der Waals surface area contributed by atoms with E-state index in [4.69, 9.17) is 16.3 Å². The maximum atomic E-state index is 6.28. The standard InChI is InChI=1S/C27H36ClN3O/c1-4-14-31(15-5-2)16-6-18-32-22-10-7-20(8-11-22)27-26-23(13-17-30(27)3)24-19-21(28)9-12-25(24)29-26/h7-12,19,27,29H,4-6,13-18H2,1-3H3. The van der Waals surface area contributed by atoms with Crippen molar-refractivity contribution in [2.75, 3.05) is 39.8 Å². The molecule has 1 N–H and O–H groups in total. The topological polar surface area (TPSA) is 31.5 Å². The van der Waals surface area contributed by atoms with Crippen molar-refractivity contribution in [1.82, 2.24) is 14.8 Å². The van der Waals surface area contributed by atoms with E-state index >= 15 is 0 Å². The molecule has 32 heavy (non-hydrogen) atoms. The number of H-pyrrole nitrogens is 1. The lowest BCUT2D eigenvalue weighted by Crippen LogP contribution is -2.32. The third kappa shape index (κ3) is 5.14. The second kappa shape index (κ2) is 10.7. The molecule has 4 rings (SSSR count). The molecule has 0 saturated carbocycles. The third-order valence-electron chi connectivity index (χ3n) is 6.49. The van der Waals surface area contributed by atoms with Crippen LogP contribution in [0.1, 0.15) is 56.0 Å². The second-order valence-corrected chi connectivity index (χ2v) is 9.39. The zero-order valence-corrected chi connectivity index (χ0v) is 20.4. The van der Waals surface area contributed by atoms with Gasteiger partial charge in [0.15, 0.2) is 0 Å². The Kier molecular flexibility index (Phi) is 7.77. The van der Waals surface area contributed by atoms with Gasteiger partial charge in [-0.1, -0.05) is 37.6 Å². The minimum Gasteiger partial charge on any atom is -0.494 e. The number of fused-ring (bicyclic) bond motifs is 3. The van der Waals surface area contributed by atoms with Crippen LogP contribution in [0, 0.1) is 0 Å². The average molecular weight is 454 g/mol. The summed E-state index contributed by atoms with van der Waals surface area (Å²) in [5.41, 5.74) is 5.14. The fourth-order valence-corrected chi connectivity index (χ4v) is 5.17. The van der Waals surface area contributed by atoms with Crippen molar-refractivity contribution in [2.45, 2.75) is 45.6 Å². The van der Waals surface area contributed by atoms with Crippen LogP contribution in [0.25, 0.3) is 10.9 Å². The molecule has 1 atom stereocenters. The Morgan fingerprint density at radius 2 is 1.81 bits per heavy atom. The molecule has 0 saturated heterocycles. The Bertz CT molecular complexity index is 1010. The SMILES string of the molecule is CCCN(CCC)CCCOc1ccc(C2c3[nH]c4ccc(Cl)cc4c3CCN2C)cc1. The molecule has 2 heterocycles. The molecular formula is C27H36ClN3O. The summed E-state index contributed by atoms with van der Waals surface area (Å²) in [6, 6.07) is 15.0. The van der Waals surface area contributed by atoms with Gasteiger partial charge in [0.25, 0.3) is 0 Å². The molecule has 0 bridgehead atoms. The molecule has 4 nitrogen and oxygen atoms in total. The highest BCUT2D eigenvalue weighted by molar-refractivity contribution is 6.31. The largest absolute Gasteiger partial charge is 0.494 e. The first kappa shape index (κ1) is 23.2. The summed E-state index contributed by atoms with van der Waals surface area (Å²) < 4.78 is 6.05. The Balaban J connectivity index is 1.42. The van der Waals surface area contributed by atoms with E-state index in [2.05, 4.69) is 72.1 Å². The van der Waals surface area contributed by atoms with Gasteiger partial charge >= 0.3 is 0 Å². The number of rotatable bonds is 10. The third-order valence-corrected chi connectivity index (χ3v) is 6.73. The highest BCUT2D eigenvalue weighted by Gasteiger charge is 2.29. The summed E-state index contributed by atoms with van der Waals surface area (Å²) in [4.78, 5) is 8.63. The van der Waals surface area contributed by atoms with Crippen molar-refractivity contribution in [3.63, 3.8) is 0 Å². The van der Waals surface area contributed by atoms with Crippen LogP contribution < -0.4 is 4.74 Å². The molecular weight excluding hydrogens is 418 g/mol. The molecule has 0 radical (unpaired) electrons. The van der Waals surface area contributed by atoms with Gasteiger partial charge in [0.2, 0.25) is 0 Å². The second-order valence-electron chi connectivity index (χ2n) is 8.95. The van der Waals surface area contributed by atoms with Gasteiger partial charge < -0.3 is 14.6 Å². The van der Waals surface area contributed by atoms with E-state index in [0.717, 1.165) is 43.3 Å². The van der Waals surface area contributed by atoms with Gasteiger partial charge in [0, 0.05) is 34.7 Å². The minimum absolute atomic E-state index is 0.218. The maximum Gasteiger partial charge on any atom is 0.119 e. The lowest BCUT2D eigenvalue weighted by Gasteiger charge is -2.33. The highest BCUT2D eigenvalue weighted by atomic mass is 35.5. The number of ether oxygens (including phenoxy) is 1. The minimum atomic E-state index is 0.218. The normalized spacial score (nSPS) is 16.6. The number of hydrogen-bond acceptors (Lipinski definition) is 3. The summed E-state index contributed by atoms with van der Waals surface area (Å²) in [5.74, 6) is 0.952. The van der Waals surface area contributed by atoms with Gasteiger partial charge in [-0.05, 0) is 87.3 Å². The Morgan fingerprint density at radius 1 is 1.06 bits per heavy atom. The van der Waals surface area contributed by atoms with Gasteiger partial charge in [-0.3, -0.25) is 4.90 Å². The zero-order chi connectivity index (χ0) is 22.5. The van der Waals surface area contributed by atoms with Crippen molar-refractivity contribution in [3.05, 3.63) is 64.3 Å². The number of aromatic amines is 1. The van der Waals surface area contributed by atoms with Crippen molar-refractivity contribution in [3.8, 4) is 5.75 Å². The van der Waals surface area contributed by atoms with Crippen LogP contribution in [-0.4, -0.2) is 54.6 Å². The molecule has 1 aliphatic heterocycles. The van der Waals surface area contributed by atoms with E-state index in [9.17, 15) is 0 Å². The summed E-state index contributed by atoms with van der Waals surface area (Å²) in [6.07, 6.45) is 4.52. The molecule has 2 aromatic carbocycles. The molecule has 172 valence electrons. The molecule has 0 aliphatic carbocycles. The van der Waals surface area contributed by atoms with E-state index in [1.54, 1.807) is 0 Å². The first-order valence-electron chi connectivity index (χ1n) is 12.1. The molecule has 0 fully saturated rings. The van der Waals surface area contributed by atoms with Crippen LogP contribution in [0.5, 0.6) is 5.75 Å². The fraction of sp³-hybridized carbons (Fsp3) is 0.481. The number of aromatic nitrogens is 1. The maximum absolute atomic E-state index is 6.28. The van der Waals surface area contributed by atoms with Crippen LogP contribution in [0.4, 0.5) is 0 Å². The number of benzene rings is 2. The Labute approximate surface area is 197 Å². The number of nitrogens with zero attached hydrogens (tertiary/aromatic N) is 2. The molecule has 1 aromatic heterocycles. The molecule has 3 aromatic rings. The van der Waals surface area contributed by atoms with Crippen molar-refractivity contribution in [1.29, 1.82) is 0 Å². The summed E-state index contributed by atoms with van der Waals surface area (Å²) in [7, 11) is 2.20. The van der Waals surface area contributed by atoms with E-state index < -0.39 is 0 Å². The van der Waals surface area contributed by atoms with Crippen molar-refractivity contribution >= 4 is 22.5 Å². The lowest BCUT2D eigenvalue weighted by molar-refractivity contribution is 0.234. The van der Waals surface area contributed by atoms with Crippen LogP contribution in [-0.2, 0) is 6.42 Å². The van der Waals surface area contributed by atoms with Crippen LogP contribution in [0.2, 0.25) is 5.02 Å². The number of likely N-dealkylation sites (N-methyl/N-ethyl adjacent to an activating group) is 1. The van der Waals surface area contributed by atoms with Gasteiger partial charge in [-0.25, -0.2) is 0 Å². The quantitative estimate of drug-likeness (QED) is 0.366. The zero-order valence-electron chi connectivity index (χ0n) is 19.7. The smallest absolute Gasteiger partial charge is 0.119 e. The van der Waals surface area contributed by atoms with Gasteiger partial charge in [0.1, 0.15) is 5.75 Å². The molecule has 0 amide bonds. The van der Waals surface area contributed by atoms with Crippen LogP contribution >= 0.6 is 11.6 Å². The average Bonchev–Trinajstić information content (AvgIpc) is 3.15. The van der Waals surface area contributed by atoms with Crippen molar-refractivity contribution in [2.24, 2.45) is 0 Å². The van der Waals surface area contributed by atoms with Gasteiger partial charge in [-0.2, -0.15) is 0 Å². The number of hydrogen-bond donors (Lipinski definition) is 1.